The largest absolute Gasteiger partial charge is 0.384 e. The van der Waals surface area contributed by atoms with E-state index in [1.54, 1.807) is 0 Å². The Morgan fingerprint density at radius 2 is 2.31 bits per heavy atom. The second kappa shape index (κ2) is 4.92. The van der Waals surface area contributed by atoms with Gasteiger partial charge in [0.2, 0.25) is 0 Å². The number of hydrogen-bond donors (Lipinski definition) is 2. The van der Waals surface area contributed by atoms with Crippen molar-refractivity contribution in [3.63, 3.8) is 0 Å². The van der Waals surface area contributed by atoms with E-state index in [0.717, 1.165) is 23.4 Å². The molecule has 3 heteroatoms. The number of aryl methyl sites for hydroxylation is 1. The Kier molecular flexibility index (Phi) is 3.83. The lowest BCUT2D eigenvalue weighted by atomic mass is 10.2. The summed E-state index contributed by atoms with van der Waals surface area (Å²) in [6.45, 7) is 1.96. The van der Waals surface area contributed by atoms with Crippen LogP contribution in [0.2, 0.25) is 0 Å². The Labute approximate surface area is 84.3 Å². The lowest BCUT2D eigenvalue weighted by molar-refractivity contribution is 1.19. The minimum Gasteiger partial charge on any atom is -0.384 e. The van der Waals surface area contributed by atoms with Crippen molar-refractivity contribution in [1.82, 2.24) is 4.98 Å². The molecular formula is C10H14N2S. The zero-order valence-corrected chi connectivity index (χ0v) is 8.59. The molecule has 13 heavy (non-hydrogen) atoms. The van der Waals surface area contributed by atoms with Crippen LogP contribution in [0, 0.1) is 6.92 Å². The van der Waals surface area contributed by atoms with Gasteiger partial charge in [-0.05, 0) is 36.8 Å². The summed E-state index contributed by atoms with van der Waals surface area (Å²) in [5.74, 6) is 1.45. The van der Waals surface area contributed by atoms with Crippen LogP contribution >= 0.6 is 12.6 Å². The summed E-state index contributed by atoms with van der Waals surface area (Å²) >= 11 is 4.12. The smallest absolute Gasteiger partial charge is 0.123 e. The fraction of sp³-hybridized carbons (Fsp3) is 0.300. The highest BCUT2D eigenvalue weighted by Crippen LogP contribution is 2.10. The number of nitrogens with two attached hydrogens (primary N) is 1. The number of rotatable bonds is 3. The van der Waals surface area contributed by atoms with Crippen molar-refractivity contribution in [2.45, 2.75) is 13.3 Å². The van der Waals surface area contributed by atoms with Crippen molar-refractivity contribution in [2.75, 3.05) is 11.5 Å². The van der Waals surface area contributed by atoms with Crippen LogP contribution in [0.3, 0.4) is 0 Å². The summed E-state index contributed by atoms with van der Waals surface area (Å²) in [5.41, 5.74) is 7.62. The normalized spacial score (nSPS) is 10.9. The van der Waals surface area contributed by atoms with Gasteiger partial charge in [-0.25, -0.2) is 4.98 Å². The van der Waals surface area contributed by atoms with E-state index in [1.165, 1.54) is 0 Å². The third kappa shape index (κ3) is 3.11. The van der Waals surface area contributed by atoms with Gasteiger partial charge in [0.1, 0.15) is 5.82 Å². The van der Waals surface area contributed by atoms with Gasteiger partial charge in [0.15, 0.2) is 0 Å². The van der Waals surface area contributed by atoms with Crippen molar-refractivity contribution in [1.29, 1.82) is 0 Å². The summed E-state index contributed by atoms with van der Waals surface area (Å²) in [4.78, 5) is 4.16. The Morgan fingerprint density at radius 3 is 2.92 bits per heavy atom. The SMILES string of the molecule is Cc1nc(N)ccc1C=CCCS. The number of thiol groups is 1. The van der Waals surface area contributed by atoms with E-state index in [-0.39, 0.29) is 0 Å². The highest BCUT2D eigenvalue weighted by molar-refractivity contribution is 7.80. The molecular weight excluding hydrogens is 180 g/mol. The number of anilines is 1. The molecule has 2 N–H and O–H groups in total. The van der Waals surface area contributed by atoms with Crippen molar-refractivity contribution in [3.05, 3.63) is 29.5 Å². The average molecular weight is 194 g/mol. The standard InChI is InChI=1S/C10H14N2S/c1-8-9(4-2-3-7-13)5-6-10(11)12-8/h2,4-6,13H,3,7H2,1H3,(H2,11,12). The van der Waals surface area contributed by atoms with Crippen LogP contribution in [0.4, 0.5) is 5.82 Å². The van der Waals surface area contributed by atoms with E-state index in [4.69, 9.17) is 5.73 Å². The number of aromatic nitrogens is 1. The van der Waals surface area contributed by atoms with Gasteiger partial charge < -0.3 is 5.73 Å². The van der Waals surface area contributed by atoms with Gasteiger partial charge in [-0.15, -0.1) is 0 Å². The Morgan fingerprint density at radius 1 is 1.54 bits per heavy atom. The summed E-state index contributed by atoms with van der Waals surface area (Å²) in [7, 11) is 0. The summed E-state index contributed by atoms with van der Waals surface area (Å²) in [5, 5.41) is 0. The molecule has 0 aromatic carbocycles. The molecule has 0 amide bonds. The minimum absolute atomic E-state index is 0.573. The molecule has 0 aliphatic heterocycles. The predicted molar refractivity (Wildman–Crippen MR) is 60.9 cm³/mol. The van der Waals surface area contributed by atoms with E-state index < -0.39 is 0 Å². The molecule has 0 saturated heterocycles. The molecule has 1 aromatic heterocycles. The molecule has 0 radical (unpaired) electrons. The number of nitrogen functional groups attached to an aromatic ring is 1. The van der Waals surface area contributed by atoms with Crippen molar-refractivity contribution in [3.8, 4) is 0 Å². The summed E-state index contributed by atoms with van der Waals surface area (Å²) < 4.78 is 0. The monoisotopic (exact) mass is 194 g/mol. The maximum absolute atomic E-state index is 5.53. The first-order valence-corrected chi connectivity index (χ1v) is 4.88. The molecule has 70 valence electrons. The highest BCUT2D eigenvalue weighted by Gasteiger charge is 1.94. The molecule has 0 saturated carbocycles. The fourth-order valence-corrected chi connectivity index (χ4v) is 1.20. The molecule has 0 spiro atoms. The zero-order chi connectivity index (χ0) is 9.68. The number of nitrogens with zero attached hydrogens (tertiary/aromatic N) is 1. The van der Waals surface area contributed by atoms with Gasteiger partial charge >= 0.3 is 0 Å². The first-order valence-electron chi connectivity index (χ1n) is 4.24. The van der Waals surface area contributed by atoms with Gasteiger partial charge in [-0.1, -0.05) is 12.2 Å². The first kappa shape index (κ1) is 10.1. The second-order valence-electron chi connectivity index (χ2n) is 2.83. The van der Waals surface area contributed by atoms with Gasteiger partial charge in [-0.2, -0.15) is 12.6 Å². The van der Waals surface area contributed by atoms with Crippen molar-refractivity contribution < 1.29 is 0 Å². The van der Waals surface area contributed by atoms with Crippen molar-refractivity contribution >= 4 is 24.5 Å². The van der Waals surface area contributed by atoms with E-state index in [1.807, 2.05) is 19.1 Å². The number of allylic oxidation sites excluding steroid dienone is 1. The van der Waals surface area contributed by atoms with Crippen LogP contribution in [-0.4, -0.2) is 10.7 Å². The molecule has 2 nitrogen and oxygen atoms in total. The Hall–Kier alpha value is -0.960. The van der Waals surface area contributed by atoms with Crippen LogP contribution in [0.25, 0.3) is 6.08 Å². The molecule has 0 aliphatic rings. The van der Waals surface area contributed by atoms with E-state index >= 15 is 0 Å². The summed E-state index contributed by atoms with van der Waals surface area (Å²) in [6.07, 6.45) is 5.12. The summed E-state index contributed by atoms with van der Waals surface area (Å²) in [6, 6.07) is 3.79. The lowest BCUT2D eigenvalue weighted by Gasteiger charge is -1.99. The molecule has 0 aliphatic carbocycles. The molecule has 0 fully saturated rings. The number of pyridine rings is 1. The second-order valence-corrected chi connectivity index (χ2v) is 3.27. The number of hydrogen-bond acceptors (Lipinski definition) is 3. The maximum Gasteiger partial charge on any atom is 0.123 e. The van der Waals surface area contributed by atoms with Crippen LogP contribution in [0.15, 0.2) is 18.2 Å². The van der Waals surface area contributed by atoms with Gasteiger partial charge in [-0.3, -0.25) is 0 Å². The highest BCUT2D eigenvalue weighted by atomic mass is 32.1. The topological polar surface area (TPSA) is 38.9 Å². The van der Waals surface area contributed by atoms with E-state index in [0.29, 0.717) is 5.82 Å². The molecule has 1 aromatic rings. The molecule has 1 heterocycles. The van der Waals surface area contributed by atoms with Gasteiger partial charge in [0.25, 0.3) is 0 Å². The van der Waals surface area contributed by atoms with Crippen LogP contribution in [0.1, 0.15) is 17.7 Å². The van der Waals surface area contributed by atoms with Crippen LogP contribution in [-0.2, 0) is 0 Å². The zero-order valence-electron chi connectivity index (χ0n) is 7.70. The van der Waals surface area contributed by atoms with Crippen LogP contribution < -0.4 is 5.73 Å². The van der Waals surface area contributed by atoms with Gasteiger partial charge in [0.05, 0.1) is 0 Å². The molecule has 1 rings (SSSR count). The van der Waals surface area contributed by atoms with E-state index in [9.17, 15) is 0 Å². The average Bonchev–Trinajstić information content (AvgIpc) is 2.09. The fourth-order valence-electron chi connectivity index (χ4n) is 1.05. The Balaban J connectivity index is 2.77. The van der Waals surface area contributed by atoms with Crippen molar-refractivity contribution in [2.24, 2.45) is 0 Å². The third-order valence-corrected chi connectivity index (χ3v) is 2.00. The predicted octanol–water partition coefficient (Wildman–Crippen LogP) is 2.31. The first-order chi connectivity index (χ1) is 6.24. The lowest BCUT2D eigenvalue weighted by Crippen LogP contribution is -1.93. The van der Waals surface area contributed by atoms with Gasteiger partial charge in [0, 0.05) is 5.69 Å². The Bertz CT molecular complexity index is 308. The molecule has 0 bridgehead atoms. The minimum atomic E-state index is 0.573. The quantitative estimate of drug-likeness (QED) is 0.725. The molecule has 0 unspecified atom stereocenters. The van der Waals surface area contributed by atoms with Crippen LogP contribution in [0.5, 0.6) is 0 Å². The maximum atomic E-state index is 5.53. The van der Waals surface area contributed by atoms with E-state index in [2.05, 4.69) is 29.8 Å². The molecule has 0 atom stereocenters. The third-order valence-electron chi connectivity index (χ3n) is 1.74.